The first-order chi connectivity index (χ1) is 19.7. The molecule has 216 valence electrons. The second-order valence-corrected chi connectivity index (χ2v) is 12.8. The van der Waals surface area contributed by atoms with Crippen LogP contribution in [0.3, 0.4) is 0 Å². The van der Waals surface area contributed by atoms with Gasteiger partial charge in [-0.25, -0.2) is 13.4 Å². The number of hydrogen-bond donors (Lipinski definition) is 1. The van der Waals surface area contributed by atoms with E-state index < -0.39 is 10.0 Å². The van der Waals surface area contributed by atoms with E-state index in [0.29, 0.717) is 33.7 Å². The van der Waals surface area contributed by atoms with Crippen molar-refractivity contribution in [2.75, 3.05) is 56.1 Å². The summed E-state index contributed by atoms with van der Waals surface area (Å²) in [6.45, 7) is 6.46. The summed E-state index contributed by atoms with van der Waals surface area (Å²) in [5.74, 6) is 0.354. The molecule has 1 amide bonds. The molecule has 12 heteroatoms. The maximum absolute atomic E-state index is 13.8. The second kappa shape index (κ2) is 12.7. The number of nitrogens with one attached hydrogen (secondary N) is 1. The van der Waals surface area contributed by atoms with Gasteiger partial charge in [0.15, 0.2) is 5.13 Å². The molecule has 0 unspecified atom stereocenters. The van der Waals surface area contributed by atoms with E-state index in [0.717, 1.165) is 55.0 Å². The van der Waals surface area contributed by atoms with Crippen LogP contribution in [0.1, 0.15) is 22.3 Å². The molecule has 1 aliphatic rings. The van der Waals surface area contributed by atoms with Crippen molar-refractivity contribution < 1.29 is 22.7 Å². The summed E-state index contributed by atoms with van der Waals surface area (Å²) in [5, 5.41) is 1.23. The molecule has 4 aromatic rings. The average molecular weight is 615 g/mol. The Labute approximate surface area is 248 Å². The number of fused-ring (bicyclic) bond motifs is 1. The predicted molar refractivity (Wildman–Crippen MR) is 163 cm³/mol. The lowest BCUT2D eigenvalue weighted by Gasteiger charge is -2.27. The number of benzene rings is 3. The van der Waals surface area contributed by atoms with E-state index >= 15 is 0 Å². The minimum Gasteiger partial charge on any atom is -0.497 e. The largest absolute Gasteiger partial charge is 0.497 e. The van der Waals surface area contributed by atoms with Crippen molar-refractivity contribution in [2.45, 2.75) is 18.2 Å². The quantitative estimate of drug-likeness (QED) is 0.254. The maximum Gasteiger partial charge on any atom is 0.261 e. The molecule has 0 radical (unpaired) electrons. The summed E-state index contributed by atoms with van der Waals surface area (Å²) in [6.07, 6.45) is 0.765. The molecular weight excluding hydrogens is 584 g/mol. The Bertz CT molecular complexity index is 1620. The summed E-state index contributed by atoms with van der Waals surface area (Å²) < 4.78 is 39.7. The number of halogens is 1. The highest BCUT2D eigenvalue weighted by Crippen LogP contribution is 2.34. The van der Waals surface area contributed by atoms with E-state index in [1.807, 2.05) is 19.1 Å². The first kappa shape index (κ1) is 29.3. The number of amides is 1. The Morgan fingerprint density at radius 2 is 1.83 bits per heavy atom. The van der Waals surface area contributed by atoms with Crippen LogP contribution in [0.15, 0.2) is 65.6 Å². The highest BCUT2D eigenvalue weighted by atomic mass is 35.5. The number of anilines is 2. The van der Waals surface area contributed by atoms with Gasteiger partial charge in [-0.3, -0.25) is 19.3 Å². The monoisotopic (exact) mass is 614 g/mol. The number of aromatic nitrogens is 1. The third-order valence-corrected chi connectivity index (χ3v) is 9.47. The maximum atomic E-state index is 13.8. The number of aryl methyl sites for hydroxylation is 1. The fraction of sp³-hybridized carbons (Fsp3) is 0.310. The van der Waals surface area contributed by atoms with Gasteiger partial charge in [-0.2, -0.15) is 0 Å². The van der Waals surface area contributed by atoms with Gasteiger partial charge in [-0.1, -0.05) is 22.9 Å². The summed E-state index contributed by atoms with van der Waals surface area (Å²) >= 11 is 7.71. The van der Waals surface area contributed by atoms with Gasteiger partial charge >= 0.3 is 0 Å². The number of carbonyl (C=O) groups excluding carboxylic acids is 1. The molecular formula is C29H31ClN4O5S2. The van der Waals surface area contributed by atoms with Gasteiger partial charge in [0.25, 0.3) is 15.9 Å². The molecule has 3 aromatic carbocycles. The summed E-state index contributed by atoms with van der Waals surface area (Å²) in [4.78, 5) is 22.8. The zero-order valence-corrected chi connectivity index (χ0v) is 25.2. The standard InChI is InChI=1S/C29H31ClN4O5S2/c1-20-18-22(30)19-26-27(20)31-29(40-26)34(13-3-12-33-14-16-39-17-15-33)28(35)21-4-6-23(7-5-21)32-41(36,37)25-10-8-24(38-2)9-11-25/h4-11,18-19,32H,3,12-17H2,1-2H3. The van der Waals surface area contributed by atoms with Crippen molar-refractivity contribution in [1.82, 2.24) is 9.88 Å². The van der Waals surface area contributed by atoms with Crippen molar-refractivity contribution in [3.8, 4) is 5.75 Å². The molecule has 9 nitrogen and oxygen atoms in total. The van der Waals surface area contributed by atoms with E-state index in [4.69, 9.17) is 26.1 Å². The van der Waals surface area contributed by atoms with Gasteiger partial charge in [-0.15, -0.1) is 0 Å². The molecule has 0 bridgehead atoms. The number of rotatable bonds is 10. The SMILES string of the molecule is COc1ccc(S(=O)(=O)Nc2ccc(C(=O)N(CCCN3CCOCC3)c3nc4c(C)cc(Cl)cc4s3)cc2)cc1. The summed E-state index contributed by atoms with van der Waals surface area (Å²) in [7, 11) is -2.29. The van der Waals surface area contributed by atoms with Crippen LogP contribution < -0.4 is 14.4 Å². The van der Waals surface area contributed by atoms with Gasteiger partial charge < -0.3 is 9.47 Å². The van der Waals surface area contributed by atoms with Crippen LogP contribution in [0, 0.1) is 6.92 Å². The van der Waals surface area contributed by atoms with Crippen molar-refractivity contribution in [1.29, 1.82) is 0 Å². The molecule has 0 saturated carbocycles. The fourth-order valence-corrected chi connectivity index (χ4v) is 7.13. The molecule has 0 spiro atoms. The van der Waals surface area contributed by atoms with Crippen LogP contribution in [0.25, 0.3) is 10.2 Å². The van der Waals surface area contributed by atoms with E-state index in [1.54, 1.807) is 41.3 Å². The molecule has 1 aliphatic heterocycles. The van der Waals surface area contributed by atoms with Crippen LogP contribution in [0.2, 0.25) is 5.02 Å². The minimum absolute atomic E-state index is 0.108. The van der Waals surface area contributed by atoms with Gasteiger partial charge in [0.1, 0.15) is 5.75 Å². The molecule has 1 saturated heterocycles. The number of thiazole rings is 1. The summed E-state index contributed by atoms with van der Waals surface area (Å²) in [6, 6.07) is 16.3. The Kier molecular flexibility index (Phi) is 9.10. The third-order valence-electron chi connectivity index (χ3n) is 6.83. The summed E-state index contributed by atoms with van der Waals surface area (Å²) in [5.41, 5.74) is 2.55. The fourth-order valence-electron chi connectivity index (χ4n) is 4.63. The van der Waals surface area contributed by atoms with Crippen LogP contribution >= 0.6 is 22.9 Å². The zero-order valence-electron chi connectivity index (χ0n) is 22.8. The van der Waals surface area contributed by atoms with Gasteiger partial charge in [0, 0.05) is 42.5 Å². The number of carbonyl (C=O) groups is 1. The van der Waals surface area contributed by atoms with Crippen molar-refractivity contribution in [3.05, 3.63) is 76.8 Å². The van der Waals surface area contributed by atoms with Gasteiger partial charge in [0.2, 0.25) is 0 Å². The topological polar surface area (TPSA) is 101 Å². The second-order valence-electron chi connectivity index (χ2n) is 9.69. The Hall–Kier alpha value is -3.22. The third kappa shape index (κ3) is 6.99. The first-order valence-corrected chi connectivity index (χ1v) is 15.9. The normalized spacial score (nSPS) is 14.2. The van der Waals surface area contributed by atoms with Crippen LogP contribution in [0.4, 0.5) is 10.8 Å². The Morgan fingerprint density at radius 3 is 2.51 bits per heavy atom. The van der Waals surface area contributed by atoms with Gasteiger partial charge in [0.05, 0.1) is 35.4 Å². The lowest BCUT2D eigenvalue weighted by Crippen LogP contribution is -2.39. The Balaban J connectivity index is 1.35. The number of hydrogen-bond acceptors (Lipinski definition) is 8. The minimum atomic E-state index is -3.81. The molecule has 0 atom stereocenters. The highest BCUT2D eigenvalue weighted by Gasteiger charge is 2.23. The van der Waals surface area contributed by atoms with Crippen molar-refractivity contribution >= 4 is 59.9 Å². The number of methoxy groups -OCH3 is 1. The zero-order chi connectivity index (χ0) is 29.0. The number of sulfonamides is 1. The molecule has 1 N–H and O–H groups in total. The van der Waals surface area contributed by atoms with Crippen LogP contribution in [-0.2, 0) is 14.8 Å². The van der Waals surface area contributed by atoms with Crippen LogP contribution in [-0.4, -0.2) is 70.7 Å². The van der Waals surface area contributed by atoms with Crippen LogP contribution in [0.5, 0.6) is 5.75 Å². The lowest BCUT2D eigenvalue weighted by atomic mass is 10.2. The molecule has 0 aliphatic carbocycles. The molecule has 5 rings (SSSR count). The number of morpholine rings is 1. The molecule has 1 aromatic heterocycles. The smallest absolute Gasteiger partial charge is 0.261 e. The van der Waals surface area contributed by atoms with E-state index in [1.165, 1.54) is 30.6 Å². The Morgan fingerprint density at radius 1 is 1.12 bits per heavy atom. The van der Waals surface area contributed by atoms with E-state index in [9.17, 15) is 13.2 Å². The molecule has 1 fully saturated rings. The average Bonchev–Trinajstić information content (AvgIpc) is 3.40. The first-order valence-electron chi connectivity index (χ1n) is 13.2. The van der Waals surface area contributed by atoms with Crippen molar-refractivity contribution in [2.24, 2.45) is 0 Å². The lowest BCUT2D eigenvalue weighted by molar-refractivity contribution is 0.0376. The van der Waals surface area contributed by atoms with E-state index in [2.05, 4.69) is 9.62 Å². The number of nitrogens with zero attached hydrogens (tertiary/aromatic N) is 3. The molecule has 41 heavy (non-hydrogen) atoms. The molecule has 2 heterocycles. The number of ether oxygens (including phenoxy) is 2. The van der Waals surface area contributed by atoms with Gasteiger partial charge in [-0.05, 0) is 79.6 Å². The van der Waals surface area contributed by atoms with E-state index in [-0.39, 0.29) is 10.8 Å². The van der Waals surface area contributed by atoms with Crippen molar-refractivity contribution in [3.63, 3.8) is 0 Å². The highest BCUT2D eigenvalue weighted by molar-refractivity contribution is 7.92. The predicted octanol–water partition coefficient (Wildman–Crippen LogP) is 5.44.